The van der Waals surface area contributed by atoms with Crippen LogP contribution in [0, 0.1) is 0 Å². The molecule has 1 aliphatic rings. The van der Waals surface area contributed by atoms with Crippen LogP contribution in [0.5, 0.6) is 11.5 Å². The zero-order valence-electron chi connectivity index (χ0n) is 18.6. The average molecular weight is 476 g/mol. The number of benzene rings is 2. The lowest BCUT2D eigenvalue weighted by Crippen LogP contribution is -2.29. The maximum Gasteiger partial charge on any atom is 0.297 e. The highest BCUT2D eigenvalue weighted by molar-refractivity contribution is 7.15. The zero-order chi connectivity index (χ0) is 23.8. The smallest absolute Gasteiger partial charge is 0.297 e. The third-order valence-corrected chi connectivity index (χ3v) is 6.67. The molecule has 1 unspecified atom stereocenters. The SMILES string of the molecule is C=CCOc1ccc(C2c3c(oc4ccccc4c3=O)C(=O)N2c2nnc(CC)s2)cc1OC. The third-order valence-electron chi connectivity index (χ3n) is 5.60. The second kappa shape index (κ2) is 8.75. The van der Waals surface area contributed by atoms with Gasteiger partial charge in [-0.25, -0.2) is 0 Å². The topological polar surface area (TPSA) is 94.8 Å². The van der Waals surface area contributed by atoms with Crippen LogP contribution in [0.3, 0.4) is 0 Å². The van der Waals surface area contributed by atoms with Gasteiger partial charge in [0.1, 0.15) is 17.2 Å². The van der Waals surface area contributed by atoms with Crippen LogP contribution in [0.15, 0.2) is 64.3 Å². The fraction of sp³-hybridized carbons (Fsp3) is 0.200. The van der Waals surface area contributed by atoms with Gasteiger partial charge in [-0.2, -0.15) is 0 Å². The maximum absolute atomic E-state index is 13.6. The molecule has 2 aromatic carbocycles. The minimum atomic E-state index is -0.761. The van der Waals surface area contributed by atoms with Gasteiger partial charge < -0.3 is 13.9 Å². The molecule has 4 aromatic rings. The minimum absolute atomic E-state index is 0.00731. The van der Waals surface area contributed by atoms with Crippen LogP contribution >= 0.6 is 11.3 Å². The van der Waals surface area contributed by atoms with Gasteiger partial charge in [0.2, 0.25) is 10.9 Å². The predicted octanol–water partition coefficient (Wildman–Crippen LogP) is 4.53. The number of hydrogen-bond donors (Lipinski definition) is 0. The summed E-state index contributed by atoms with van der Waals surface area (Å²) in [6.45, 7) is 5.94. The van der Waals surface area contributed by atoms with Crippen LogP contribution in [0.4, 0.5) is 5.13 Å². The van der Waals surface area contributed by atoms with Gasteiger partial charge in [-0.1, -0.05) is 49.1 Å². The molecule has 0 saturated heterocycles. The summed E-state index contributed by atoms with van der Waals surface area (Å²) in [5, 5.41) is 10.0. The first-order valence-electron chi connectivity index (χ1n) is 10.7. The lowest BCUT2D eigenvalue weighted by Gasteiger charge is -2.23. The molecular weight excluding hydrogens is 454 g/mol. The van der Waals surface area contributed by atoms with Crippen molar-refractivity contribution in [2.24, 2.45) is 0 Å². The van der Waals surface area contributed by atoms with Crippen molar-refractivity contribution in [1.29, 1.82) is 0 Å². The molecule has 5 rings (SSSR count). The van der Waals surface area contributed by atoms with E-state index < -0.39 is 11.9 Å². The van der Waals surface area contributed by atoms with E-state index in [4.69, 9.17) is 13.9 Å². The Bertz CT molecular complexity index is 1480. The van der Waals surface area contributed by atoms with Crippen molar-refractivity contribution < 1.29 is 18.7 Å². The standard InChI is InChI=1S/C25H21N3O5S/c1-4-12-32-17-11-10-14(13-18(17)31-3)21-20-22(29)15-8-6-7-9-16(15)33-23(20)24(30)28(21)25-27-26-19(5-2)34-25/h4,6-11,13,21H,1,5,12H2,2-3H3. The van der Waals surface area contributed by atoms with Gasteiger partial charge in [0.25, 0.3) is 5.91 Å². The largest absolute Gasteiger partial charge is 0.493 e. The number of amides is 1. The summed E-state index contributed by atoms with van der Waals surface area (Å²) in [6.07, 6.45) is 2.32. The molecule has 0 fully saturated rings. The summed E-state index contributed by atoms with van der Waals surface area (Å²) in [5.41, 5.74) is 1.02. The number of carbonyl (C=O) groups is 1. The van der Waals surface area contributed by atoms with E-state index in [1.807, 2.05) is 6.92 Å². The van der Waals surface area contributed by atoms with Crippen LogP contribution in [0.1, 0.15) is 39.7 Å². The first-order chi connectivity index (χ1) is 16.6. The van der Waals surface area contributed by atoms with Crippen LogP contribution in [0.25, 0.3) is 11.0 Å². The van der Waals surface area contributed by atoms with Gasteiger partial charge in [-0.3, -0.25) is 14.5 Å². The Morgan fingerprint density at radius 3 is 2.74 bits per heavy atom. The first kappa shape index (κ1) is 21.8. The minimum Gasteiger partial charge on any atom is -0.493 e. The Kier molecular flexibility index (Phi) is 5.62. The molecule has 1 amide bonds. The van der Waals surface area contributed by atoms with Crippen molar-refractivity contribution in [2.45, 2.75) is 19.4 Å². The molecule has 0 N–H and O–H groups in total. The van der Waals surface area contributed by atoms with Gasteiger partial charge in [-0.15, -0.1) is 10.2 Å². The van der Waals surface area contributed by atoms with Crippen LogP contribution in [0.2, 0.25) is 0 Å². The summed E-state index contributed by atoms with van der Waals surface area (Å²) in [5.74, 6) is 0.564. The number of anilines is 1. The Morgan fingerprint density at radius 2 is 2.00 bits per heavy atom. The molecule has 1 atom stereocenters. The van der Waals surface area contributed by atoms with Crippen LogP contribution in [-0.4, -0.2) is 29.8 Å². The number of ether oxygens (including phenoxy) is 2. The molecule has 0 radical (unpaired) electrons. The van der Waals surface area contributed by atoms with Crippen molar-refractivity contribution in [3.8, 4) is 11.5 Å². The highest BCUT2D eigenvalue weighted by Crippen LogP contribution is 2.44. The summed E-state index contributed by atoms with van der Waals surface area (Å²) in [4.78, 5) is 28.7. The fourth-order valence-corrected chi connectivity index (χ4v) is 4.84. The van der Waals surface area contributed by atoms with Crippen LogP contribution < -0.4 is 19.8 Å². The predicted molar refractivity (Wildman–Crippen MR) is 129 cm³/mol. The number of nitrogens with zero attached hydrogens (tertiary/aromatic N) is 3. The molecule has 1 aliphatic heterocycles. The highest BCUT2D eigenvalue weighted by Gasteiger charge is 2.45. The third kappa shape index (κ3) is 3.45. The Labute approximate surface area is 199 Å². The molecule has 9 heteroatoms. The van der Waals surface area contributed by atoms with Crippen molar-refractivity contribution in [3.63, 3.8) is 0 Å². The van der Waals surface area contributed by atoms with E-state index in [1.54, 1.807) is 48.5 Å². The van der Waals surface area contributed by atoms with E-state index in [-0.39, 0.29) is 16.8 Å². The van der Waals surface area contributed by atoms with Crippen molar-refractivity contribution in [1.82, 2.24) is 10.2 Å². The fourth-order valence-electron chi connectivity index (χ4n) is 4.04. The Morgan fingerprint density at radius 1 is 1.18 bits per heavy atom. The van der Waals surface area contributed by atoms with Gasteiger partial charge in [0.15, 0.2) is 16.9 Å². The molecule has 3 heterocycles. The molecule has 8 nitrogen and oxygen atoms in total. The van der Waals surface area contributed by atoms with Gasteiger partial charge in [0, 0.05) is 0 Å². The number of hydrogen-bond acceptors (Lipinski definition) is 8. The molecule has 34 heavy (non-hydrogen) atoms. The van der Waals surface area contributed by atoms with Gasteiger partial charge >= 0.3 is 0 Å². The van der Waals surface area contributed by atoms with E-state index >= 15 is 0 Å². The second-order valence-corrected chi connectivity index (χ2v) is 8.63. The number of rotatable bonds is 7. The monoisotopic (exact) mass is 475 g/mol. The summed E-state index contributed by atoms with van der Waals surface area (Å²) in [6, 6.07) is 11.4. The molecule has 0 bridgehead atoms. The number of fused-ring (bicyclic) bond motifs is 2. The summed E-state index contributed by atoms with van der Waals surface area (Å²) < 4.78 is 17.2. The Hall–Kier alpha value is -3.98. The first-order valence-corrected chi connectivity index (χ1v) is 11.5. The van der Waals surface area contributed by atoms with Crippen molar-refractivity contribution in [3.05, 3.63) is 87.2 Å². The zero-order valence-corrected chi connectivity index (χ0v) is 19.4. The van der Waals surface area contributed by atoms with E-state index in [2.05, 4.69) is 16.8 Å². The van der Waals surface area contributed by atoms with Crippen molar-refractivity contribution >= 4 is 33.3 Å². The summed E-state index contributed by atoms with van der Waals surface area (Å²) in [7, 11) is 1.53. The lowest BCUT2D eigenvalue weighted by atomic mass is 9.98. The lowest BCUT2D eigenvalue weighted by molar-refractivity contribution is 0.0970. The van der Waals surface area contributed by atoms with Gasteiger partial charge in [0.05, 0.1) is 24.1 Å². The number of methoxy groups -OCH3 is 1. The summed E-state index contributed by atoms with van der Waals surface area (Å²) >= 11 is 1.31. The van der Waals surface area contributed by atoms with E-state index in [0.29, 0.717) is 46.2 Å². The maximum atomic E-state index is 13.6. The molecule has 0 saturated carbocycles. The second-order valence-electron chi connectivity index (χ2n) is 7.59. The molecule has 172 valence electrons. The van der Waals surface area contributed by atoms with Crippen LogP contribution in [-0.2, 0) is 6.42 Å². The molecular formula is C25H21N3O5S. The van der Waals surface area contributed by atoms with Crippen molar-refractivity contribution in [2.75, 3.05) is 18.6 Å². The highest BCUT2D eigenvalue weighted by atomic mass is 32.1. The Balaban J connectivity index is 1.74. The molecule has 2 aromatic heterocycles. The van der Waals surface area contributed by atoms with E-state index in [9.17, 15) is 9.59 Å². The normalized spacial score (nSPS) is 14.9. The molecule has 0 aliphatic carbocycles. The van der Waals surface area contributed by atoms with E-state index in [1.165, 1.54) is 23.3 Å². The number of para-hydroxylation sites is 1. The number of carbonyl (C=O) groups excluding carboxylic acids is 1. The quantitative estimate of drug-likeness (QED) is 0.363. The number of aryl methyl sites for hydroxylation is 1. The average Bonchev–Trinajstić information content (AvgIpc) is 3.45. The molecule has 0 spiro atoms. The number of aromatic nitrogens is 2. The van der Waals surface area contributed by atoms with E-state index in [0.717, 1.165) is 5.01 Å². The van der Waals surface area contributed by atoms with Gasteiger partial charge in [-0.05, 0) is 36.2 Å².